The van der Waals surface area contributed by atoms with Gasteiger partial charge in [-0.2, -0.15) is 0 Å². The first-order valence-electron chi connectivity index (χ1n) is 5.65. The van der Waals surface area contributed by atoms with Gasteiger partial charge in [-0.05, 0) is 36.7 Å². The average molecular weight is 239 g/mol. The molecule has 0 aliphatic rings. The Morgan fingerprint density at radius 3 is 2.88 bits per heavy atom. The molecular formula is C12H18FN3O. The molecule has 17 heavy (non-hydrogen) atoms. The van der Waals surface area contributed by atoms with E-state index in [1.807, 2.05) is 0 Å². The molecule has 0 spiro atoms. The van der Waals surface area contributed by atoms with Crippen LogP contribution in [0.25, 0.3) is 0 Å². The molecule has 0 aromatic heterocycles. The van der Waals surface area contributed by atoms with Gasteiger partial charge < -0.3 is 16.3 Å². The van der Waals surface area contributed by atoms with E-state index >= 15 is 0 Å². The molecule has 0 aliphatic heterocycles. The van der Waals surface area contributed by atoms with E-state index in [1.54, 1.807) is 6.07 Å². The summed E-state index contributed by atoms with van der Waals surface area (Å²) >= 11 is 0. The van der Waals surface area contributed by atoms with Gasteiger partial charge in [-0.1, -0.05) is 18.5 Å². The summed E-state index contributed by atoms with van der Waals surface area (Å²) in [7, 11) is 0. The van der Waals surface area contributed by atoms with Gasteiger partial charge in [-0.25, -0.2) is 4.39 Å². The van der Waals surface area contributed by atoms with Gasteiger partial charge in [0.25, 0.3) is 0 Å². The molecule has 0 amide bonds. The van der Waals surface area contributed by atoms with Gasteiger partial charge >= 0.3 is 0 Å². The first-order chi connectivity index (χ1) is 8.17. The van der Waals surface area contributed by atoms with Gasteiger partial charge in [0.2, 0.25) is 0 Å². The SMILES string of the molecule is CCCCNCc1cc(F)cc(/C(N)=N/O)c1. The van der Waals surface area contributed by atoms with Crippen LogP contribution in [0, 0.1) is 5.82 Å². The molecule has 0 unspecified atom stereocenters. The van der Waals surface area contributed by atoms with Crippen molar-refractivity contribution in [3.05, 3.63) is 35.1 Å². The molecule has 0 saturated heterocycles. The molecule has 1 aromatic rings. The minimum absolute atomic E-state index is 0.0840. The Bertz CT molecular complexity index is 393. The quantitative estimate of drug-likeness (QED) is 0.233. The van der Waals surface area contributed by atoms with Crippen molar-refractivity contribution in [2.75, 3.05) is 6.54 Å². The standard InChI is InChI=1S/C12H18FN3O/c1-2-3-4-15-8-9-5-10(12(14)16-17)7-11(13)6-9/h5-7,15,17H,2-4,8H2,1H3,(H2,14,16). The largest absolute Gasteiger partial charge is 0.409 e. The third-order valence-corrected chi connectivity index (χ3v) is 2.40. The molecule has 0 radical (unpaired) electrons. The lowest BCUT2D eigenvalue weighted by Gasteiger charge is -2.06. The van der Waals surface area contributed by atoms with Crippen LogP contribution in [0.15, 0.2) is 23.4 Å². The molecular weight excluding hydrogens is 221 g/mol. The van der Waals surface area contributed by atoms with Crippen molar-refractivity contribution in [3.8, 4) is 0 Å². The lowest BCUT2D eigenvalue weighted by Crippen LogP contribution is -2.17. The van der Waals surface area contributed by atoms with Gasteiger partial charge in [0.1, 0.15) is 5.82 Å². The van der Waals surface area contributed by atoms with E-state index < -0.39 is 0 Å². The third kappa shape index (κ3) is 4.40. The highest BCUT2D eigenvalue weighted by molar-refractivity contribution is 5.97. The van der Waals surface area contributed by atoms with E-state index in [2.05, 4.69) is 17.4 Å². The highest BCUT2D eigenvalue weighted by atomic mass is 19.1. The summed E-state index contributed by atoms with van der Waals surface area (Å²) in [5.74, 6) is -0.472. The zero-order chi connectivity index (χ0) is 12.7. The molecule has 4 nitrogen and oxygen atoms in total. The Morgan fingerprint density at radius 1 is 1.47 bits per heavy atom. The zero-order valence-electron chi connectivity index (χ0n) is 9.91. The molecule has 5 heteroatoms. The maximum absolute atomic E-state index is 13.3. The Morgan fingerprint density at radius 2 is 2.24 bits per heavy atom. The minimum atomic E-state index is -0.388. The van der Waals surface area contributed by atoms with Crippen molar-refractivity contribution in [1.82, 2.24) is 5.32 Å². The highest BCUT2D eigenvalue weighted by Gasteiger charge is 2.04. The van der Waals surface area contributed by atoms with Crippen LogP contribution in [0.4, 0.5) is 4.39 Å². The van der Waals surface area contributed by atoms with Crippen molar-refractivity contribution in [2.24, 2.45) is 10.9 Å². The van der Waals surface area contributed by atoms with Crippen LogP contribution in [0.1, 0.15) is 30.9 Å². The summed E-state index contributed by atoms with van der Waals surface area (Å²) in [5.41, 5.74) is 6.59. The molecule has 0 atom stereocenters. The maximum Gasteiger partial charge on any atom is 0.170 e. The van der Waals surface area contributed by atoms with E-state index in [1.165, 1.54) is 12.1 Å². The number of unbranched alkanes of at least 4 members (excludes halogenated alkanes) is 1. The van der Waals surface area contributed by atoms with E-state index in [9.17, 15) is 4.39 Å². The van der Waals surface area contributed by atoms with Gasteiger partial charge in [-0.15, -0.1) is 0 Å². The number of nitrogens with two attached hydrogens (primary N) is 1. The van der Waals surface area contributed by atoms with Crippen molar-refractivity contribution in [2.45, 2.75) is 26.3 Å². The Balaban J connectivity index is 2.69. The number of nitrogens with one attached hydrogen (secondary N) is 1. The van der Waals surface area contributed by atoms with E-state index in [4.69, 9.17) is 10.9 Å². The summed E-state index contributed by atoms with van der Waals surface area (Å²) in [4.78, 5) is 0. The number of benzene rings is 1. The van der Waals surface area contributed by atoms with Crippen LogP contribution in [-0.4, -0.2) is 17.6 Å². The maximum atomic E-state index is 13.3. The average Bonchev–Trinajstić information content (AvgIpc) is 2.33. The number of hydrogen-bond donors (Lipinski definition) is 3. The van der Waals surface area contributed by atoms with Gasteiger partial charge in [0.15, 0.2) is 5.84 Å². The van der Waals surface area contributed by atoms with Crippen LogP contribution >= 0.6 is 0 Å². The van der Waals surface area contributed by atoms with E-state index in [0.717, 1.165) is 24.9 Å². The first kappa shape index (κ1) is 13.4. The molecule has 0 bridgehead atoms. The predicted molar refractivity (Wildman–Crippen MR) is 65.5 cm³/mol. The summed E-state index contributed by atoms with van der Waals surface area (Å²) < 4.78 is 13.3. The fraction of sp³-hybridized carbons (Fsp3) is 0.417. The number of amidine groups is 1. The molecule has 1 aromatic carbocycles. The van der Waals surface area contributed by atoms with Gasteiger partial charge in [0.05, 0.1) is 0 Å². The summed E-state index contributed by atoms with van der Waals surface area (Å²) in [6.07, 6.45) is 2.20. The summed E-state index contributed by atoms with van der Waals surface area (Å²) in [6.45, 7) is 3.58. The van der Waals surface area contributed by atoms with E-state index in [-0.39, 0.29) is 11.7 Å². The minimum Gasteiger partial charge on any atom is -0.409 e. The van der Waals surface area contributed by atoms with Crippen molar-refractivity contribution >= 4 is 5.84 Å². The highest BCUT2D eigenvalue weighted by Crippen LogP contribution is 2.09. The van der Waals surface area contributed by atoms with Crippen LogP contribution in [-0.2, 0) is 6.54 Å². The second-order valence-electron chi connectivity index (χ2n) is 3.86. The number of rotatable bonds is 6. The van der Waals surface area contributed by atoms with Crippen LogP contribution in [0.5, 0.6) is 0 Å². The third-order valence-electron chi connectivity index (χ3n) is 2.40. The van der Waals surface area contributed by atoms with Crippen LogP contribution in [0.2, 0.25) is 0 Å². The second-order valence-corrected chi connectivity index (χ2v) is 3.86. The lowest BCUT2D eigenvalue weighted by atomic mass is 10.1. The molecule has 94 valence electrons. The lowest BCUT2D eigenvalue weighted by molar-refractivity contribution is 0.318. The molecule has 0 saturated carbocycles. The molecule has 0 fully saturated rings. The van der Waals surface area contributed by atoms with Crippen LogP contribution in [0.3, 0.4) is 0 Å². The van der Waals surface area contributed by atoms with Crippen molar-refractivity contribution in [1.29, 1.82) is 0 Å². The first-order valence-corrected chi connectivity index (χ1v) is 5.65. The van der Waals surface area contributed by atoms with E-state index in [0.29, 0.717) is 12.1 Å². The number of hydrogen-bond acceptors (Lipinski definition) is 3. The summed E-state index contributed by atoms with van der Waals surface area (Å²) in [5, 5.41) is 14.6. The zero-order valence-corrected chi connectivity index (χ0v) is 9.91. The van der Waals surface area contributed by atoms with Crippen molar-refractivity contribution < 1.29 is 9.60 Å². The molecule has 0 heterocycles. The topological polar surface area (TPSA) is 70.6 Å². The van der Waals surface area contributed by atoms with Gasteiger partial charge in [0, 0.05) is 12.1 Å². The fourth-order valence-corrected chi connectivity index (χ4v) is 1.49. The number of halogens is 1. The second kappa shape index (κ2) is 6.85. The summed E-state index contributed by atoms with van der Waals surface area (Å²) in [6, 6.07) is 4.38. The fourth-order valence-electron chi connectivity index (χ4n) is 1.49. The Labute approximate surface area is 100 Å². The molecule has 1 rings (SSSR count). The Kier molecular flexibility index (Phi) is 5.42. The Hall–Kier alpha value is -1.62. The molecule has 4 N–H and O–H groups in total. The smallest absolute Gasteiger partial charge is 0.170 e. The number of oxime groups is 1. The monoisotopic (exact) mass is 239 g/mol. The normalized spacial score (nSPS) is 11.8. The van der Waals surface area contributed by atoms with Gasteiger partial charge in [-0.3, -0.25) is 0 Å². The number of nitrogens with zero attached hydrogens (tertiary/aromatic N) is 1. The van der Waals surface area contributed by atoms with Crippen LogP contribution < -0.4 is 11.1 Å². The predicted octanol–water partition coefficient (Wildman–Crippen LogP) is 1.81. The van der Waals surface area contributed by atoms with Crippen molar-refractivity contribution in [3.63, 3.8) is 0 Å². The molecule has 0 aliphatic carbocycles.